The summed E-state index contributed by atoms with van der Waals surface area (Å²) in [7, 11) is 0. The van der Waals surface area contributed by atoms with Crippen molar-refractivity contribution in [1.82, 2.24) is 4.90 Å². The summed E-state index contributed by atoms with van der Waals surface area (Å²) >= 11 is 15.5. The number of hydrogen-bond donors (Lipinski definition) is 0. The van der Waals surface area contributed by atoms with Crippen LogP contribution in [0.25, 0.3) is 0 Å². The Morgan fingerprint density at radius 2 is 2.05 bits per heavy atom. The van der Waals surface area contributed by atoms with E-state index in [0.717, 1.165) is 12.3 Å². The maximum absolute atomic E-state index is 12.7. The van der Waals surface area contributed by atoms with Crippen molar-refractivity contribution in [1.29, 1.82) is 0 Å². The highest BCUT2D eigenvalue weighted by atomic mass is 35.5. The Morgan fingerprint density at radius 3 is 2.71 bits per heavy atom. The molecule has 1 aromatic heterocycles. The first-order valence-electron chi connectivity index (χ1n) is 6.50. The quantitative estimate of drug-likeness (QED) is 0.731. The molecule has 0 bridgehead atoms. The molecule has 1 unspecified atom stereocenters. The van der Waals surface area contributed by atoms with Gasteiger partial charge in [0.05, 0.1) is 10.0 Å². The highest BCUT2D eigenvalue weighted by Crippen LogP contribution is 2.41. The fourth-order valence-electron chi connectivity index (χ4n) is 2.29. The number of amides is 1. The third kappa shape index (κ3) is 3.09. The molecule has 3 rings (SSSR count). The average molecular weight is 358 g/mol. The van der Waals surface area contributed by atoms with Gasteiger partial charge in [0, 0.05) is 27.6 Å². The highest BCUT2D eigenvalue weighted by Gasteiger charge is 2.32. The topological polar surface area (TPSA) is 20.3 Å². The lowest BCUT2D eigenvalue weighted by Crippen LogP contribution is -2.30. The number of nitrogens with zero attached hydrogens (tertiary/aromatic N) is 1. The van der Waals surface area contributed by atoms with E-state index in [1.165, 1.54) is 9.75 Å². The third-order valence-corrected chi connectivity index (χ3v) is 6.51. The molecule has 1 fully saturated rings. The minimum absolute atomic E-state index is 0.00891. The summed E-state index contributed by atoms with van der Waals surface area (Å²) in [5.74, 6) is 0.962. The van der Waals surface area contributed by atoms with Crippen molar-refractivity contribution in [2.24, 2.45) is 0 Å². The molecule has 1 saturated heterocycles. The molecular formula is C15H13Cl2NOS2. The molecule has 0 aliphatic carbocycles. The van der Waals surface area contributed by atoms with E-state index in [1.807, 2.05) is 4.90 Å². The number of benzene rings is 1. The Morgan fingerprint density at radius 1 is 1.24 bits per heavy atom. The molecule has 6 heteroatoms. The number of carbonyl (C=O) groups is 1. The molecule has 1 aromatic carbocycles. The number of thioether (sulfide) groups is 1. The standard InChI is InChI=1S/C15H13Cl2NOS2/c1-9-2-5-13(21-9)15-18(6-7-20-15)14(19)10-3-4-11(16)12(17)8-10/h2-5,8,15H,6-7H2,1H3. The van der Waals surface area contributed by atoms with Gasteiger partial charge in [0.15, 0.2) is 0 Å². The molecule has 0 spiro atoms. The summed E-state index contributed by atoms with van der Waals surface area (Å²) in [6.07, 6.45) is 0. The van der Waals surface area contributed by atoms with Gasteiger partial charge in [0.2, 0.25) is 0 Å². The van der Waals surface area contributed by atoms with Gasteiger partial charge in [0.25, 0.3) is 5.91 Å². The normalized spacial score (nSPS) is 18.2. The van der Waals surface area contributed by atoms with Gasteiger partial charge in [-0.2, -0.15) is 0 Å². The third-order valence-electron chi connectivity index (χ3n) is 3.32. The largest absolute Gasteiger partial charge is 0.321 e. The molecule has 21 heavy (non-hydrogen) atoms. The Hall–Kier alpha value is -0.680. The van der Waals surface area contributed by atoms with Crippen LogP contribution in [0, 0.1) is 6.92 Å². The first-order chi connectivity index (χ1) is 10.1. The van der Waals surface area contributed by atoms with Crippen molar-refractivity contribution in [3.05, 3.63) is 55.7 Å². The highest BCUT2D eigenvalue weighted by molar-refractivity contribution is 7.99. The van der Waals surface area contributed by atoms with Crippen LogP contribution in [-0.2, 0) is 0 Å². The molecular weight excluding hydrogens is 345 g/mol. The summed E-state index contributed by atoms with van der Waals surface area (Å²) in [5, 5.41) is 0.984. The zero-order valence-corrected chi connectivity index (χ0v) is 14.5. The molecule has 2 aromatic rings. The number of carbonyl (C=O) groups excluding carboxylic acids is 1. The van der Waals surface area contributed by atoms with E-state index in [0.29, 0.717) is 15.6 Å². The van der Waals surface area contributed by atoms with Crippen molar-refractivity contribution in [2.75, 3.05) is 12.3 Å². The lowest BCUT2D eigenvalue weighted by molar-refractivity contribution is 0.0762. The number of rotatable bonds is 2. The second-order valence-electron chi connectivity index (χ2n) is 4.80. The first-order valence-corrected chi connectivity index (χ1v) is 9.12. The van der Waals surface area contributed by atoms with Crippen LogP contribution in [0.1, 0.15) is 25.5 Å². The number of hydrogen-bond acceptors (Lipinski definition) is 3. The zero-order chi connectivity index (χ0) is 15.0. The van der Waals surface area contributed by atoms with Crippen LogP contribution in [0.2, 0.25) is 10.0 Å². The fourth-order valence-corrected chi connectivity index (χ4v) is 4.96. The van der Waals surface area contributed by atoms with Gasteiger partial charge >= 0.3 is 0 Å². The molecule has 1 aliphatic rings. The van der Waals surface area contributed by atoms with Crippen LogP contribution in [0.15, 0.2) is 30.3 Å². The van der Waals surface area contributed by atoms with E-state index in [-0.39, 0.29) is 11.3 Å². The van der Waals surface area contributed by atoms with Crippen LogP contribution in [0.5, 0.6) is 0 Å². The maximum atomic E-state index is 12.7. The molecule has 110 valence electrons. The predicted molar refractivity (Wildman–Crippen MR) is 91.8 cm³/mol. The Bertz CT molecular complexity index is 686. The maximum Gasteiger partial charge on any atom is 0.255 e. The van der Waals surface area contributed by atoms with Crippen molar-refractivity contribution in [3.8, 4) is 0 Å². The summed E-state index contributed by atoms with van der Waals surface area (Å²) in [4.78, 5) is 17.1. The van der Waals surface area contributed by atoms with Gasteiger partial charge < -0.3 is 4.90 Å². The predicted octanol–water partition coefficient (Wildman–Crippen LogP) is 5.25. The van der Waals surface area contributed by atoms with Crippen molar-refractivity contribution >= 4 is 52.2 Å². The molecule has 0 N–H and O–H groups in total. The van der Waals surface area contributed by atoms with Gasteiger partial charge in [-0.05, 0) is 37.3 Å². The lowest BCUT2D eigenvalue weighted by Gasteiger charge is -2.23. The van der Waals surface area contributed by atoms with Gasteiger partial charge in [0.1, 0.15) is 5.37 Å². The number of thiophene rings is 1. The van der Waals surface area contributed by atoms with E-state index in [2.05, 4.69) is 19.1 Å². The smallest absolute Gasteiger partial charge is 0.255 e. The zero-order valence-electron chi connectivity index (χ0n) is 11.3. The molecule has 1 aliphatic heterocycles. The molecule has 2 nitrogen and oxygen atoms in total. The SMILES string of the molecule is Cc1ccc(C2SCCN2C(=O)c2ccc(Cl)c(Cl)c2)s1. The second kappa shape index (κ2) is 6.21. The Kier molecular flexibility index (Phi) is 4.50. The molecule has 0 radical (unpaired) electrons. The van der Waals surface area contributed by atoms with E-state index >= 15 is 0 Å². The number of halogens is 2. The summed E-state index contributed by atoms with van der Waals surface area (Å²) < 4.78 is 0. The van der Waals surface area contributed by atoms with Crippen LogP contribution in [0.4, 0.5) is 0 Å². The summed E-state index contributed by atoms with van der Waals surface area (Å²) in [5.41, 5.74) is 0.588. The summed E-state index contributed by atoms with van der Waals surface area (Å²) in [6.45, 7) is 2.84. The monoisotopic (exact) mass is 357 g/mol. The summed E-state index contributed by atoms with van der Waals surface area (Å²) in [6, 6.07) is 9.26. The first kappa shape index (κ1) is 15.2. The van der Waals surface area contributed by atoms with E-state index < -0.39 is 0 Å². The van der Waals surface area contributed by atoms with Crippen LogP contribution in [-0.4, -0.2) is 23.1 Å². The van der Waals surface area contributed by atoms with Gasteiger partial charge in [-0.3, -0.25) is 4.79 Å². The average Bonchev–Trinajstić information content (AvgIpc) is 3.09. The molecule has 2 heterocycles. The van der Waals surface area contributed by atoms with E-state index in [4.69, 9.17) is 23.2 Å². The van der Waals surface area contributed by atoms with E-state index in [1.54, 1.807) is 41.3 Å². The van der Waals surface area contributed by atoms with Gasteiger partial charge in [-0.1, -0.05) is 23.2 Å². The second-order valence-corrected chi connectivity index (χ2v) is 8.12. The van der Waals surface area contributed by atoms with Crippen LogP contribution >= 0.6 is 46.3 Å². The Balaban J connectivity index is 1.87. The molecule has 1 amide bonds. The Labute approximate surface area is 142 Å². The minimum Gasteiger partial charge on any atom is -0.321 e. The minimum atomic E-state index is 0.00891. The lowest BCUT2D eigenvalue weighted by atomic mass is 10.2. The van der Waals surface area contributed by atoms with Gasteiger partial charge in [-0.15, -0.1) is 23.1 Å². The van der Waals surface area contributed by atoms with Crippen molar-refractivity contribution < 1.29 is 4.79 Å². The van der Waals surface area contributed by atoms with Gasteiger partial charge in [-0.25, -0.2) is 0 Å². The van der Waals surface area contributed by atoms with Crippen LogP contribution in [0.3, 0.4) is 0 Å². The fraction of sp³-hybridized carbons (Fsp3) is 0.267. The molecule has 0 saturated carbocycles. The van der Waals surface area contributed by atoms with E-state index in [9.17, 15) is 4.79 Å². The van der Waals surface area contributed by atoms with Crippen molar-refractivity contribution in [3.63, 3.8) is 0 Å². The molecule has 1 atom stereocenters. The van der Waals surface area contributed by atoms with Crippen molar-refractivity contribution in [2.45, 2.75) is 12.3 Å². The van der Waals surface area contributed by atoms with Crippen LogP contribution < -0.4 is 0 Å². The number of aryl methyl sites for hydroxylation is 1.